The van der Waals surface area contributed by atoms with Gasteiger partial charge < -0.3 is 19.9 Å². The van der Waals surface area contributed by atoms with Crippen LogP contribution in [0.3, 0.4) is 0 Å². The van der Waals surface area contributed by atoms with Gasteiger partial charge in [0.25, 0.3) is 0 Å². The second-order valence-electron chi connectivity index (χ2n) is 8.62. The molecule has 1 aromatic rings. The molecule has 2 aliphatic heterocycles. The highest BCUT2D eigenvalue weighted by Gasteiger charge is 2.27. The maximum atomic E-state index is 13.1. The number of ether oxygens (including phenoxy) is 1. The Kier molecular flexibility index (Phi) is 8.90. The maximum Gasteiger partial charge on any atom is 0.243 e. The lowest BCUT2D eigenvalue weighted by atomic mass is 10.2. The van der Waals surface area contributed by atoms with Crippen molar-refractivity contribution in [3.8, 4) is 5.75 Å². The minimum absolute atomic E-state index is 0.0134. The number of rotatable bonds is 7. The van der Waals surface area contributed by atoms with Crippen molar-refractivity contribution in [3.63, 3.8) is 0 Å². The van der Waals surface area contributed by atoms with Crippen LogP contribution in [0.15, 0.2) is 23.1 Å². The van der Waals surface area contributed by atoms with Crippen molar-refractivity contribution in [2.45, 2.75) is 50.3 Å². The predicted octanol–water partition coefficient (Wildman–Crippen LogP) is 1.67. The summed E-state index contributed by atoms with van der Waals surface area (Å²) < 4.78 is 33.1. The normalized spacial score (nSPS) is 17.7. The number of benzene rings is 1. The molecule has 1 aromatic carbocycles. The standard InChI is InChI=1S/C23H34N4O6S/c1-18(28)25-13-15-26(16-14-25)23(30)10-9-22(29)24-20-17-19(7-8-21(20)33-2)34(31,32)27-11-5-3-4-6-12-27/h7-8,17H,3-6,9-16H2,1-2H3,(H,24,29). The van der Waals surface area contributed by atoms with Crippen LogP contribution in [0.1, 0.15) is 45.4 Å². The number of hydrogen-bond acceptors (Lipinski definition) is 6. The van der Waals surface area contributed by atoms with E-state index in [9.17, 15) is 22.8 Å². The minimum atomic E-state index is -3.68. The van der Waals surface area contributed by atoms with E-state index in [1.165, 1.54) is 36.5 Å². The van der Waals surface area contributed by atoms with Gasteiger partial charge in [-0.05, 0) is 31.0 Å². The molecule has 188 valence electrons. The molecule has 0 unspecified atom stereocenters. The van der Waals surface area contributed by atoms with Gasteiger partial charge in [0.15, 0.2) is 0 Å². The Balaban J connectivity index is 1.61. The number of nitrogens with zero attached hydrogens (tertiary/aromatic N) is 3. The number of methoxy groups -OCH3 is 1. The zero-order valence-corrected chi connectivity index (χ0v) is 20.7. The molecule has 0 radical (unpaired) electrons. The Labute approximate surface area is 201 Å². The van der Waals surface area contributed by atoms with E-state index in [4.69, 9.17) is 4.74 Å². The van der Waals surface area contributed by atoms with Gasteiger partial charge in [-0.25, -0.2) is 8.42 Å². The summed E-state index contributed by atoms with van der Waals surface area (Å²) in [6.07, 6.45) is 3.67. The number of hydrogen-bond donors (Lipinski definition) is 1. The first-order chi connectivity index (χ1) is 16.2. The van der Waals surface area contributed by atoms with Crippen LogP contribution in [0, 0.1) is 0 Å². The highest BCUT2D eigenvalue weighted by molar-refractivity contribution is 7.89. The van der Waals surface area contributed by atoms with Crippen molar-refractivity contribution in [2.24, 2.45) is 0 Å². The fourth-order valence-corrected chi connectivity index (χ4v) is 5.78. The number of amides is 3. The molecule has 1 N–H and O–H groups in total. The Bertz CT molecular complexity index is 997. The van der Waals surface area contributed by atoms with Gasteiger partial charge in [0.1, 0.15) is 5.75 Å². The second-order valence-corrected chi connectivity index (χ2v) is 10.6. The first-order valence-corrected chi connectivity index (χ1v) is 13.2. The summed E-state index contributed by atoms with van der Waals surface area (Å²) in [5.74, 6) is -0.225. The summed E-state index contributed by atoms with van der Waals surface area (Å²) >= 11 is 0. The van der Waals surface area contributed by atoms with Crippen molar-refractivity contribution >= 4 is 33.4 Å². The zero-order valence-electron chi connectivity index (χ0n) is 19.9. The van der Waals surface area contributed by atoms with Crippen LogP contribution in [0.5, 0.6) is 5.75 Å². The van der Waals surface area contributed by atoms with E-state index in [0.717, 1.165) is 25.7 Å². The fraction of sp³-hybridized carbons (Fsp3) is 0.609. The van der Waals surface area contributed by atoms with Crippen molar-refractivity contribution in [1.29, 1.82) is 0 Å². The third-order valence-corrected chi connectivity index (χ3v) is 8.19. The monoisotopic (exact) mass is 494 g/mol. The third-order valence-electron chi connectivity index (χ3n) is 6.29. The molecule has 10 nitrogen and oxygen atoms in total. The number of anilines is 1. The molecular formula is C23H34N4O6S. The van der Waals surface area contributed by atoms with Crippen LogP contribution in [0.4, 0.5) is 5.69 Å². The average Bonchev–Trinajstić information content (AvgIpc) is 3.13. The second kappa shape index (κ2) is 11.7. The van der Waals surface area contributed by atoms with E-state index in [-0.39, 0.29) is 35.2 Å². The highest BCUT2D eigenvalue weighted by Crippen LogP contribution is 2.30. The highest BCUT2D eigenvalue weighted by atomic mass is 32.2. The van der Waals surface area contributed by atoms with E-state index >= 15 is 0 Å². The van der Waals surface area contributed by atoms with Crippen LogP contribution in [0.25, 0.3) is 0 Å². The van der Waals surface area contributed by atoms with Crippen molar-refractivity contribution < 1.29 is 27.5 Å². The van der Waals surface area contributed by atoms with E-state index in [1.54, 1.807) is 9.80 Å². The van der Waals surface area contributed by atoms with Gasteiger partial charge in [-0.15, -0.1) is 0 Å². The molecule has 3 amide bonds. The van der Waals surface area contributed by atoms with E-state index < -0.39 is 15.9 Å². The van der Waals surface area contributed by atoms with Gasteiger partial charge in [0.05, 0.1) is 17.7 Å². The third kappa shape index (κ3) is 6.47. The smallest absolute Gasteiger partial charge is 0.243 e. The lowest BCUT2D eigenvalue weighted by Crippen LogP contribution is -2.50. The van der Waals surface area contributed by atoms with Gasteiger partial charge in [0.2, 0.25) is 27.7 Å². The molecule has 0 atom stereocenters. The number of piperazine rings is 1. The molecule has 0 aromatic heterocycles. The van der Waals surface area contributed by atoms with Crippen LogP contribution < -0.4 is 10.1 Å². The van der Waals surface area contributed by atoms with E-state index in [2.05, 4.69) is 5.32 Å². The Morgan fingerprint density at radius 1 is 0.912 bits per heavy atom. The quantitative estimate of drug-likeness (QED) is 0.616. The SMILES string of the molecule is COc1ccc(S(=O)(=O)N2CCCCCC2)cc1NC(=O)CCC(=O)N1CCN(C(C)=O)CC1. The Morgan fingerprint density at radius 2 is 1.53 bits per heavy atom. The zero-order chi connectivity index (χ0) is 24.7. The molecule has 0 saturated carbocycles. The summed E-state index contributed by atoms with van der Waals surface area (Å²) in [6, 6.07) is 4.43. The van der Waals surface area contributed by atoms with Gasteiger partial charge >= 0.3 is 0 Å². The van der Waals surface area contributed by atoms with Gasteiger partial charge in [0, 0.05) is 59.0 Å². The summed E-state index contributed by atoms with van der Waals surface area (Å²) in [7, 11) is -2.24. The molecule has 3 rings (SSSR count). The summed E-state index contributed by atoms with van der Waals surface area (Å²) in [6.45, 7) is 4.35. The maximum absolute atomic E-state index is 13.1. The lowest BCUT2D eigenvalue weighted by Gasteiger charge is -2.34. The molecule has 11 heteroatoms. The number of nitrogens with one attached hydrogen (secondary N) is 1. The molecular weight excluding hydrogens is 460 g/mol. The Hall–Kier alpha value is -2.66. The van der Waals surface area contributed by atoms with Gasteiger partial charge in [-0.1, -0.05) is 12.8 Å². The molecule has 2 heterocycles. The largest absolute Gasteiger partial charge is 0.495 e. The number of sulfonamides is 1. The van der Waals surface area contributed by atoms with Gasteiger partial charge in [-0.2, -0.15) is 4.31 Å². The molecule has 2 saturated heterocycles. The van der Waals surface area contributed by atoms with E-state index in [1.807, 2.05) is 0 Å². The average molecular weight is 495 g/mol. The van der Waals surface area contributed by atoms with Crippen LogP contribution in [-0.4, -0.2) is 86.6 Å². The van der Waals surface area contributed by atoms with Crippen LogP contribution in [0.2, 0.25) is 0 Å². The summed E-state index contributed by atoms with van der Waals surface area (Å²) in [5, 5.41) is 2.70. The molecule has 2 fully saturated rings. The van der Waals surface area contributed by atoms with Crippen molar-refractivity contribution in [2.75, 3.05) is 51.7 Å². The van der Waals surface area contributed by atoms with Crippen molar-refractivity contribution in [3.05, 3.63) is 18.2 Å². The molecule has 2 aliphatic rings. The Morgan fingerprint density at radius 3 is 2.12 bits per heavy atom. The molecule has 0 bridgehead atoms. The number of carbonyl (C=O) groups excluding carboxylic acids is 3. The van der Waals surface area contributed by atoms with Crippen molar-refractivity contribution in [1.82, 2.24) is 14.1 Å². The fourth-order valence-electron chi connectivity index (χ4n) is 4.24. The van der Waals surface area contributed by atoms with Gasteiger partial charge in [-0.3, -0.25) is 14.4 Å². The van der Waals surface area contributed by atoms with Crippen LogP contribution in [-0.2, 0) is 24.4 Å². The summed E-state index contributed by atoms with van der Waals surface area (Å²) in [4.78, 5) is 39.9. The topological polar surface area (TPSA) is 116 Å². The minimum Gasteiger partial charge on any atom is -0.495 e. The molecule has 0 aliphatic carbocycles. The summed E-state index contributed by atoms with van der Waals surface area (Å²) in [5.41, 5.74) is 0.255. The molecule has 34 heavy (non-hydrogen) atoms. The predicted molar refractivity (Wildman–Crippen MR) is 127 cm³/mol. The molecule has 0 spiro atoms. The van der Waals surface area contributed by atoms with E-state index in [0.29, 0.717) is 45.0 Å². The van der Waals surface area contributed by atoms with Crippen LogP contribution >= 0.6 is 0 Å². The lowest BCUT2D eigenvalue weighted by molar-refractivity contribution is -0.138. The first kappa shape index (κ1) is 26.0. The number of carbonyl (C=O) groups is 3. The first-order valence-electron chi connectivity index (χ1n) is 11.7.